The number of thioether (sulfide) groups is 1. The molecule has 39 heavy (non-hydrogen) atoms. The van der Waals surface area contributed by atoms with Crippen LogP contribution in [0.3, 0.4) is 0 Å². The van der Waals surface area contributed by atoms with Gasteiger partial charge in [0.05, 0.1) is 23.6 Å². The maximum absolute atomic E-state index is 13.7. The Labute approximate surface area is 234 Å². The molecular formula is C27H27N5O5S2. The lowest BCUT2D eigenvalue weighted by Gasteiger charge is -2.36. The topological polar surface area (TPSA) is 88.8 Å². The van der Waals surface area contributed by atoms with Crippen molar-refractivity contribution < 1.29 is 19.0 Å². The Balaban J connectivity index is 1.26. The quantitative estimate of drug-likeness (QED) is 0.315. The lowest BCUT2D eigenvalue weighted by molar-refractivity contribution is -0.122. The number of methoxy groups -OCH3 is 1. The number of benzene rings is 1. The number of ether oxygens (including phenoxy) is 3. The monoisotopic (exact) mass is 565 g/mol. The highest BCUT2D eigenvalue weighted by Gasteiger charge is 2.33. The summed E-state index contributed by atoms with van der Waals surface area (Å²) >= 11 is 6.62. The van der Waals surface area contributed by atoms with Crippen LogP contribution in [0.4, 0.5) is 5.82 Å². The predicted octanol–water partition coefficient (Wildman–Crippen LogP) is 2.59. The summed E-state index contributed by atoms with van der Waals surface area (Å²) in [6.45, 7) is 4.76. The molecule has 5 heterocycles. The molecule has 0 spiro atoms. The van der Waals surface area contributed by atoms with Crippen molar-refractivity contribution >= 4 is 51.7 Å². The van der Waals surface area contributed by atoms with E-state index in [4.69, 9.17) is 31.4 Å². The van der Waals surface area contributed by atoms with Gasteiger partial charge in [0.25, 0.3) is 11.5 Å². The SMILES string of the molecule is COCCN1C(=O)/C(=C/c2c(N3CCN(Cc4ccc5c(c4)OCO5)CC3)nc3ccccn3c2=O)SC1=S. The van der Waals surface area contributed by atoms with Gasteiger partial charge in [-0.05, 0) is 35.9 Å². The van der Waals surface area contributed by atoms with E-state index >= 15 is 0 Å². The zero-order valence-electron chi connectivity index (χ0n) is 21.4. The summed E-state index contributed by atoms with van der Waals surface area (Å²) in [4.78, 5) is 38.0. The predicted molar refractivity (Wildman–Crippen MR) is 153 cm³/mol. The van der Waals surface area contributed by atoms with Crippen LogP contribution < -0.4 is 19.9 Å². The van der Waals surface area contributed by atoms with Crippen molar-refractivity contribution in [3.63, 3.8) is 0 Å². The summed E-state index contributed by atoms with van der Waals surface area (Å²) in [5.41, 5.74) is 1.88. The lowest BCUT2D eigenvalue weighted by atomic mass is 10.1. The molecule has 3 aliphatic rings. The minimum atomic E-state index is -0.223. The number of fused-ring (bicyclic) bond motifs is 2. The Morgan fingerprint density at radius 3 is 2.74 bits per heavy atom. The number of carbonyl (C=O) groups excluding carboxylic acids is 1. The van der Waals surface area contributed by atoms with Gasteiger partial charge in [-0.2, -0.15) is 0 Å². The molecule has 6 rings (SSSR count). The second kappa shape index (κ2) is 11.0. The number of aromatic nitrogens is 2. The maximum Gasteiger partial charge on any atom is 0.267 e. The Morgan fingerprint density at radius 2 is 1.92 bits per heavy atom. The summed E-state index contributed by atoms with van der Waals surface area (Å²) < 4.78 is 18.0. The number of carbonyl (C=O) groups is 1. The first-order valence-corrected chi connectivity index (χ1v) is 13.9. The van der Waals surface area contributed by atoms with Gasteiger partial charge in [0.15, 0.2) is 11.5 Å². The van der Waals surface area contributed by atoms with Crippen molar-refractivity contribution in [3.8, 4) is 11.5 Å². The molecule has 202 valence electrons. The molecule has 0 unspecified atom stereocenters. The second-order valence-electron chi connectivity index (χ2n) is 9.36. The lowest BCUT2D eigenvalue weighted by Crippen LogP contribution is -2.47. The number of thiocarbonyl (C=S) groups is 1. The first-order valence-electron chi connectivity index (χ1n) is 12.6. The number of anilines is 1. The van der Waals surface area contributed by atoms with Crippen molar-refractivity contribution in [1.82, 2.24) is 19.2 Å². The van der Waals surface area contributed by atoms with Crippen molar-refractivity contribution in [2.24, 2.45) is 0 Å². The minimum Gasteiger partial charge on any atom is -0.454 e. The van der Waals surface area contributed by atoms with Gasteiger partial charge in [-0.1, -0.05) is 36.1 Å². The molecule has 0 bridgehead atoms. The van der Waals surface area contributed by atoms with E-state index in [0.717, 1.165) is 36.7 Å². The molecule has 0 radical (unpaired) electrons. The molecule has 3 aliphatic heterocycles. The van der Waals surface area contributed by atoms with Gasteiger partial charge < -0.3 is 19.1 Å². The highest BCUT2D eigenvalue weighted by molar-refractivity contribution is 8.26. The van der Waals surface area contributed by atoms with Crippen molar-refractivity contribution in [3.05, 3.63) is 69.0 Å². The average Bonchev–Trinajstić information content (AvgIpc) is 3.52. The molecule has 12 heteroatoms. The Kier molecular flexibility index (Phi) is 7.26. The molecule has 3 aromatic rings. The average molecular weight is 566 g/mol. The Morgan fingerprint density at radius 1 is 1.10 bits per heavy atom. The Bertz CT molecular complexity index is 1530. The van der Waals surface area contributed by atoms with Crippen LogP contribution in [-0.2, 0) is 16.1 Å². The van der Waals surface area contributed by atoms with E-state index in [-0.39, 0.29) is 18.3 Å². The smallest absolute Gasteiger partial charge is 0.267 e. The van der Waals surface area contributed by atoms with Gasteiger partial charge in [0, 0.05) is 46.0 Å². The molecule has 2 aromatic heterocycles. The van der Waals surface area contributed by atoms with Crippen LogP contribution in [0.25, 0.3) is 11.7 Å². The zero-order chi connectivity index (χ0) is 26.9. The van der Waals surface area contributed by atoms with Crippen LogP contribution in [0.2, 0.25) is 0 Å². The summed E-state index contributed by atoms with van der Waals surface area (Å²) in [6, 6.07) is 11.5. The largest absolute Gasteiger partial charge is 0.454 e. The van der Waals surface area contributed by atoms with Gasteiger partial charge in [-0.25, -0.2) is 4.98 Å². The fourth-order valence-electron chi connectivity index (χ4n) is 4.88. The van der Waals surface area contributed by atoms with Crippen LogP contribution in [0.15, 0.2) is 52.3 Å². The fourth-order valence-corrected chi connectivity index (χ4v) is 6.17. The highest BCUT2D eigenvalue weighted by Crippen LogP contribution is 2.34. The molecule has 2 saturated heterocycles. The first-order chi connectivity index (χ1) is 19.0. The van der Waals surface area contributed by atoms with E-state index in [0.29, 0.717) is 52.5 Å². The number of hydrogen-bond acceptors (Lipinski definition) is 10. The highest BCUT2D eigenvalue weighted by atomic mass is 32.2. The van der Waals surface area contributed by atoms with Gasteiger partial charge in [-0.15, -0.1) is 0 Å². The Hall–Kier alpha value is -3.45. The van der Waals surface area contributed by atoms with Crippen LogP contribution in [-0.4, -0.2) is 82.6 Å². The molecule has 0 N–H and O–H groups in total. The second-order valence-corrected chi connectivity index (χ2v) is 11.0. The summed E-state index contributed by atoms with van der Waals surface area (Å²) in [5, 5.41) is 0. The number of rotatable bonds is 7. The molecular weight excluding hydrogens is 538 g/mol. The van der Waals surface area contributed by atoms with Crippen LogP contribution in [0, 0.1) is 0 Å². The van der Waals surface area contributed by atoms with E-state index in [1.807, 2.05) is 24.3 Å². The standard InChI is InChI=1S/C27H27N5O5S2/c1-35-13-12-32-26(34)22(39-27(32)38)15-19-24(28-23-4-2-3-7-31(23)25(19)33)30-10-8-29(9-11-30)16-18-5-6-20-21(14-18)37-17-36-20/h2-7,14-15H,8-13,16-17H2,1H3/b22-15-. The van der Waals surface area contributed by atoms with Crippen LogP contribution >= 0.6 is 24.0 Å². The van der Waals surface area contributed by atoms with Crippen molar-refractivity contribution in [1.29, 1.82) is 0 Å². The maximum atomic E-state index is 13.7. The first kappa shape index (κ1) is 25.8. The van der Waals surface area contributed by atoms with E-state index in [2.05, 4.69) is 15.9 Å². The fraction of sp³-hybridized carbons (Fsp3) is 0.333. The van der Waals surface area contributed by atoms with Gasteiger partial charge in [0.1, 0.15) is 15.8 Å². The van der Waals surface area contributed by atoms with Gasteiger partial charge in [0.2, 0.25) is 6.79 Å². The third kappa shape index (κ3) is 5.12. The normalized spacial score (nSPS) is 18.6. The molecule has 10 nitrogen and oxygen atoms in total. The zero-order valence-corrected chi connectivity index (χ0v) is 23.0. The van der Waals surface area contributed by atoms with E-state index < -0.39 is 0 Å². The van der Waals surface area contributed by atoms with Gasteiger partial charge >= 0.3 is 0 Å². The summed E-state index contributed by atoms with van der Waals surface area (Å²) in [7, 11) is 1.58. The number of nitrogens with zero attached hydrogens (tertiary/aromatic N) is 5. The van der Waals surface area contributed by atoms with E-state index in [1.54, 1.807) is 25.4 Å². The third-order valence-electron chi connectivity index (χ3n) is 6.93. The molecule has 2 fully saturated rings. The van der Waals surface area contributed by atoms with Crippen molar-refractivity contribution in [2.45, 2.75) is 6.54 Å². The molecule has 1 amide bonds. The van der Waals surface area contributed by atoms with E-state index in [9.17, 15) is 9.59 Å². The van der Waals surface area contributed by atoms with E-state index in [1.165, 1.54) is 21.1 Å². The third-order valence-corrected chi connectivity index (χ3v) is 8.31. The number of amides is 1. The van der Waals surface area contributed by atoms with Gasteiger partial charge in [-0.3, -0.25) is 23.8 Å². The number of piperazine rings is 1. The molecule has 0 atom stereocenters. The summed E-state index contributed by atoms with van der Waals surface area (Å²) in [5.74, 6) is 1.92. The minimum absolute atomic E-state index is 0.222. The molecule has 1 aromatic carbocycles. The molecule has 0 saturated carbocycles. The summed E-state index contributed by atoms with van der Waals surface area (Å²) in [6.07, 6.45) is 3.34. The van der Waals surface area contributed by atoms with Crippen LogP contribution in [0.1, 0.15) is 11.1 Å². The van der Waals surface area contributed by atoms with Crippen molar-refractivity contribution in [2.75, 3.05) is 58.1 Å². The number of hydrogen-bond donors (Lipinski definition) is 0. The number of pyridine rings is 1. The van der Waals surface area contributed by atoms with Crippen LogP contribution in [0.5, 0.6) is 11.5 Å². The molecule has 0 aliphatic carbocycles.